The highest BCUT2D eigenvalue weighted by Gasteiger charge is 2.33. The van der Waals surface area contributed by atoms with Gasteiger partial charge in [0.25, 0.3) is 5.91 Å². The van der Waals surface area contributed by atoms with Crippen LogP contribution in [0.2, 0.25) is 0 Å². The molecular formula is C13H17F3N4O. The standard InChI is InChI=1S/C13H17F3N4O/c14-13(15,16)8-19-3-5-20(6-4-19)12(21)11-7-10(17-18-11)9-1-2-9/h7,9H,1-6,8H2,(H,17,18). The Morgan fingerprint density at radius 3 is 2.52 bits per heavy atom. The molecule has 1 saturated heterocycles. The summed E-state index contributed by atoms with van der Waals surface area (Å²) in [5.41, 5.74) is 1.34. The fourth-order valence-electron chi connectivity index (χ4n) is 2.57. The van der Waals surface area contributed by atoms with Crippen molar-refractivity contribution in [1.29, 1.82) is 0 Å². The van der Waals surface area contributed by atoms with Crippen LogP contribution in [0.3, 0.4) is 0 Å². The van der Waals surface area contributed by atoms with Crippen LogP contribution in [-0.2, 0) is 0 Å². The summed E-state index contributed by atoms with van der Waals surface area (Å²) < 4.78 is 36.9. The predicted molar refractivity (Wildman–Crippen MR) is 69.0 cm³/mol. The molecule has 8 heteroatoms. The van der Waals surface area contributed by atoms with Crippen LogP contribution < -0.4 is 0 Å². The zero-order chi connectivity index (χ0) is 15.0. The zero-order valence-electron chi connectivity index (χ0n) is 11.5. The largest absolute Gasteiger partial charge is 0.401 e. The maximum atomic E-state index is 12.3. The number of carbonyl (C=O) groups is 1. The van der Waals surface area contributed by atoms with Gasteiger partial charge in [-0.05, 0) is 18.9 Å². The van der Waals surface area contributed by atoms with Gasteiger partial charge in [-0.25, -0.2) is 0 Å². The molecule has 2 heterocycles. The van der Waals surface area contributed by atoms with E-state index in [0.717, 1.165) is 18.5 Å². The van der Waals surface area contributed by atoms with E-state index >= 15 is 0 Å². The Balaban J connectivity index is 1.54. The molecule has 0 atom stereocenters. The first-order valence-corrected chi connectivity index (χ1v) is 7.06. The number of aromatic amines is 1. The molecule has 0 radical (unpaired) electrons. The lowest BCUT2D eigenvalue weighted by Crippen LogP contribution is -2.51. The van der Waals surface area contributed by atoms with E-state index in [1.807, 2.05) is 0 Å². The van der Waals surface area contributed by atoms with E-state index in [0.29, 0.717) is 24.7 Å². The van der Waals surface area contributed by atoms with Gasteiger partial charge in [0, 0.05) is 37.8 Å². The topological polar surface area (TPSA) is 52.2 Å². The fraction of sp³-hybridized carbons (Fsp3) is 0.692. The number of hydrogen-bond donors (Lipinski definition) is 1. The number of piperazine rings is 1. The van der Waals surface area contributed by atoms with Crippen LogP contribution in [0.5, 0.6) is 0 Å². The first-order valence-electron chi connectivity index (χ1n) is 7.06. The Bertz CT molecular complexity index is 516. The third kappa shape index (κ3) is 3.55. The molecule has 3 rings (SSSR count). The van der Waals surface area contributed by atoms with Gasteiger partial charge in [0.2, 0.25) is 0 Å². The zero-order valence-corrected chi connectivity index (χ0v) is 11.5. The number of alkyl halides is 3. The number of aromatic nitrogens is 2. The minimum absolute atomic E-state index is 0.204. The quantitative estimate of drug-likeness (QED) is 0.923. The van der Waals surface area contributed by atoms with E-state index in [9.17, 15) is 18.0 Å². The van der Waals surface area contributed by atoms with Gasteiger partial charge in [0.15, 0.2) is 0 Å². The van der Waals surface area contributed by atoms with Crippen LogP contribution in [0.1, 0.15) is 34.9 Å². The van der Waals surface area contributed by atoms with Gasteiger partial charge in [-0.15, -0.1) is 0 Å². The summed E-state index contributed by atoms with van der Waals surface area (Å²) >= 11 is 0. The monoisotopic (exact) mass is 302 g/mol. The second-order valence-corrected chi connectivity index (χ2v) is 5.67. The number of H-pyrrole nitrogens is 1. The minimum Gasteiger partial charge on any atom is -0.335 e. The Kier molecular flexibility index (Phi) is 3.64. The number of carbonyl (C=O) groups excluding carboxylic acids is 1. The van der Waals surface area contributed by atoms with Crippen molar-refractivity contribution in [3.8, 4) is 0 Å². The van der Waals surface area contributed by atoms with Gasteiger partial charge in [-0.1, -0.05) is 0 Å². The molecule has 0 unspecified atom stereocenters. The van der Waals surface area contributed by atoms with Gasteiger partial charge in [-0.2, -0.15) is 18.3 Å². The number of rotatable bonds is 3. The van der Waals surface area contributed by atoms with Crippen LogP contribution in [-0.4, -0.2) is 64.8 Å². The third-order valence-corrected chi connectivity index (χ3v) is 3.90. The number of halogens is 3. The van der Waals surface area contributed by atoms with Crippen molar-refractivity contribution in [1.82, 2.24) is 20.0 Å². The van der Waals surface area contributed by atoms with Crippen LogP contribution in [0.15, 0.2) is 6.07 Å². The minimum atomic E-state index is -4.19. The molecule has 1 aliphatic heterocycles. The van der Waals surface area contributed by atoms with Gasteiger partial charge in [-0.3, -0.25) is 14.8 Å². The smallest absolute Gasteiger partial charge is 0.335 e. The van der Waals surface area contributed by atoms with Crippen LogP contribution in [0, 0.1) is 0 Å². The summed E-state index contributed by atoms with van der Waals surface area (Å²) in [5.74, 6) is 0.285. The Labute approximate surface area is 120 Å². The van der Waals surface area contributed by atoms with Crippen molar-refractivity contribution >= 4 is 5.91 Å². The van der Waals surface area contributed by atoms with Crippen LogP contribution in [0.4, 0.5) is 13.2 Å². The molecule has 21 heavy (non-hydrogen) atoms. The van der Waals surface area contributed by atoms with Crippen molar-refractivity contribution in [2.75, 3.05) is 32.7 Å². The molecular weight excluding hydrogens is 285 g/mol. The molecule has 1 amide bonds. The Morgan fingerprint density at radius 2 is 1.95 bits per heavy atom. The molecule has 1 aromatic rings. The summed E-state index contributed by atoms with van der Waals surface area (Å²) in [7, 11) is 0. The van der Waals surface area contributed by atoms with E-state index in [-0.39, 0.29) is 19.0 Å². The van der Waals surface area contributed by atoms with Crippen molar-refractivity contribution in [2.45, 2.75) is 24.9 Å². The summed E-state index contributed by atoms with van der Waals surface area (Å²) in [6, 6.07) is 1.77. The van der Waals surface area contributed by atoms with Gasteiger partial charge >= 0.3 is 6.18 Å². The average molecular weight is 302 g/mol. The highest BCUT2D eigenvalue weighted by molar-refractivity contribution is 5.92. The summed E-state index contributed by atoms with van der Waals surface area (Å²) in [4.78, 5) is 15.1. The Hall–Kier alpha value is -1.57. The van der Waals surface area contributed by atoms with E-state index in [1.54, 1.807) is 11.0 Å². The molecule has 0 bridgehead atoms. The number of amides is 1. The predicted octanol–water partition coefficient (Wildman–Crippen LogP) is 1.61. The number of hydrogen-bond acceptors (Lipinski definition) is 3. The molecule has 2 fully saturated rings. The average Bonchev–Trinajstić information content (AvgIpc) is 3.15. The van der Waals surface area contributed by atoms with Crippen LogP contribution >= 0.6 is 0 Å². The van der Waals surface area contributed by atoms with Crippen LogP contribution in [0.25, 0.3) is 0 Å². The molecule has 0 spiro atoms. The second kappa shape index (κ2) is 5.32. The summed E-state index contributed by atoms with van der Waals surface area (Å²) in [6.07, 6.45) is -1.95. The molecule has 1 aromatic heterocycles. The molecule has 1 saturated carbocycles. The molecule has 1 aliphatic carbocycles. The SMILES string of the molecule is O=C(c1cc(C2CC2)[nH]n1)N1CCN(CC(F)(F)F)CC1. The van der Waals surface area contributed by atoms with Gasteiger partial charge in [0.05, 0.1) is 6.54 Å². The van der Waals surface area contributed by atoms with Crippen molar-refractivity contribution in [3.05, 3.63) is 17.5 Å². The Morgan fingerprint density at radius 1 is 1.29 bits per heavy atom. The van der Waals surface area contributed by atoms with Gasteiger partial charge < -0.3 is 4.90 Å². The van der Waals surface area contributed by atoms with Gasteiger partial charge in [0.1, 0.15) is 5.69 Å². The highest BCUT2D eigenvalue weighted by atomic mass is 19.4. The van der Waals surface area contributed by atoms with E-state index in [4.69, 9.17) is 0 Å². The maximum absolute atomic E-state index is 12.3. The second-order valence-electron chi connectivity index (χ2n) is 5.67. The lowest BCUT2D eigenvalue weighted by molar-refractivity contribution is -0.148. The van der Waals surface area contributed by atoms with E-state index < -0.39 is 12.7 Å². The molecule has 0 aromatic carbocycles. The molecule has 2 aliphatic rings. The fourth-order valence-corrected chi connectivity index (χ4v) is 2.57. The third-order valence-electron chi connectivity index (χ3n) is 3.90. The van der Waals surface area contributed by atoms with E-state index in [2.05, 4.69) is 10.2 Å². The molecule has 5 nitrogen and oxygen atoms in total. The lowest BCUT2D eigenvalue weighted by atomic mass is 10.2. The summed E-state index contributed by atoms with van der Waals surface area (Å²) in [6.45, 7) is 0.181. The molecule has 1 N–H and O–H groups in total. The first kappa shape index (κ1) is 14.4. The number of nitrogens with one attached hydrogen (secondary N) is 1. The normalized spacial score (nSPS) is 20.8. The number of nitrogens with zero attached hydrogens (tertiary/aromatic N) is 3. The van der Waals surface area contributed by atoms with Crippen molar-refractivity contribution < 1.29 is 18.0 Å². The summed E-state index contributed by atoms with van der Waals surface area (Å²) in [5, 5.41) is 6.89. The molecule has 116 valence electrons. The lowest BCUT2D eigenvalue weighted by Gasteiger charge is -2.34. The highest BCUT2D eigenvalue weighted by Crippen LogP contribution is 2.39. The van der Waals surface area contributed by atoms with Crippen molar-refractivity contribution in [2.24, 2.45) is 0 Å². The maximum Gasteiger partial charge on any atom is 0.401 e. The van der Waals surface area contributed by atoms with Crippen molar-refractivity contribution in [3.63, 3.8) is 0 Å². The van der Waals surface area contributed by atoms with E-state index in [1.165, 1.54) is 4.90 Å². The first-order chi connectivity index (χ1) is 9.92.